The molecule has 5 nitrogen and oxygen atoms in total. The van der Waals surface area contributed by atoms with E-state index in [1.54, 1.807) is 36.6 Å². The van der Waals surface area contributed by atoms with Crippen LogP contribution in [-0.4, -0.2) is 23.2 Å². The number of carbonyl (C=O) groups excluding carboxylic acids is 2. The molecule has 2 aromatic rings. The van der Waals surface area contributed by atoms with Crippen LogP contribution in [0, 0.1) is 10.9 Å². The van der Waals surface area contributed by atoms with E-state index < -0.39 is 5.97 Å². The zero-order valence-electron chi connectivity index (χ0n) is 10.7. The van der Waals surface area contributed by atoms with Crippen molar-refractivity contribution in [2.24, 2.45) is 0 Å². The Morgan fingerprint density at radius 1 is 1.35 bits per heavy atom. The molecule has 1 amide bonds. The van der Waals surface area contributed by atoms with Gasteiger partial charge in [-0.1, -0.05) is 18.2 Å². The van der Waals surface area contributed by atoms with E-state index in [1.165, 1.54) is 16.1 Å². The standard InChI is InChI=1S/C13H12N2O3S2/c1-9-8-20-13(19)15(9)18-11(16)7-14-12(17)10-5-3-2-4-6-10/h2-6,8H,7H2,1H3,(H,14,17). The van der Waals surface area contributed by atoms with Crippen molar-refractivity contribution in [1.82, 2.24) is 10.0 Å². The number of aryl methyl sites for hydroxylation is 1. The molecular weight excluding hydrogens is 296 g/mol. The first kappa shape index (κ1) is 14.4. The minimum atomic E-state index is -0.577. The first-order valence-corrected chi connectivity index (χ1v) is 7.08. The van der Waals surface area contributed by atoms with E-state index in [9.17, 15) is 9.59 Å². The van der Waals surface area contributed by atoms with Crippen LogP contribution in [0.3, 0.4) is 0 Å². The van der Waals surface area contributed by atoms with Crippen LogP contribution < -0.4 is 10.2 Å². The second-order valence-corrected chi connectivity index (χ2v) is 5.45. The van der Waals surface area contributed by atoms with Crippen molar-refractivity contribution in [1.29, 1.82) is 0 Å². The molecule has 1 aromatic heterocycles. The summed E-state index contributed by atoms with van der Waals surface area (Å²) in [6.07, 6.45) is 0. The van der Waals surface area contributed by atoms with E-state index in [2.05, 4.69) is 5.32 Å². The number of aromatic nitrogens is 1. The molecule has 2 rings (SSSR count). The summed E-state index contributed by atoms with van der Waals surface area (Å²) < 4.78 is 1.72. The maximum Gasteiger partial charge on any atom is 0.351 e. The van der Waals surface area contributed by atoms with E-state index in [0.29, 0.717) is 9.52 Å². The Labute approximate surface area is 124 Å². The van der Waals surface area contributed by atoms with Crippen LogP contribution in [0.25, 0.3) is 0 Å². The highest BCUT2D eigenvalue weighted by atomic mass is 32.1. The molecule has 7 heteroatoms. The average Bonchev–Trinajstić information content (AvgIpc) is 2.77. The Balaban J connectivity index is 1.90. The van der Waals surface area contributed by atoms with Gasteiger partial charge in [0.1, 0.15) is 6.54 Å². The fraction of sp³-hybridized carbons (Fsp3) is 0.154. The van der Waals surface area contributed by atoms with Gasteiger partial charge in [-0.2, -0.15) is 4.73 Å². The lowest BCUT2D eigenvalue weighted by Crippen LogP contribution is -2.34. The maximum absolute atomic E-state index is 11.7. The zero-order valence-corrected chi connectivity index (χ0v) is 12.3. The summed E-state index contributed by atoms with van der Waals surface area (Å²) >= 11 is 6.33. The molecule has 0 bridgehead atoms. The molecule has 0 saturated heterocycles. The van der Waals surface area contributed by atoms with Crippen molar-refractivity contribution < 1.29 is 14.4 Å². The van der Waals surface area contributed by atoms with E-state index >= 15 is 0 Å². The summed E-state index contributed by atoms with van der Waals surface area (Å²) in [7, 11) is 0. The SMILES string of the molecule is Cc1csc(=S)n1OC(=O)CNC(=O)c1ccccc1. The molecule has 0 radical (unpaired) electrons. The van der Waals surface area contributed by atoms with Crippen LogP contribution in [-0.2, 0) is 4.79 Å². The van der Waals surface area contributed by atoms with E-state index in [4.69, 9.17) is 17.1 Å². The Morgan fingerprint density at radius 2 is 2.05 bits per heavy atom. The normalized spacial score (nSPS) is 10.1. The Kier molecular flexibility index (Phi) is 4.65. The number of amides is 1. The highest BCUT2D eigenvalue weighted by Crippen LogP contribution is 2.07. The van der Waals surface area contributed by atoms with E-state index in [1.807, 2.05) is 6.07 Å². The molecule has 104 valence electrons. The molecule has 0 fully saturated rings. The third-order valence-corrected chi connectivity index (χ3v) is 3.72. The molecular formula is C13H12N2O3S2. The van der Waals surface area contributed by atoms with Gasteiger partial charge in [-0.15, -0.1) is 11.3 Å². The third kappa shape index (κ3) is 3.52. The first-order chi connectivity index (χ1) is 9.58. The van der Waals surface area contributed by atoms with Crippen LogP contribution >= 0.6 is 23.6 Å². The summed E-state index contributed by atoms with van der Waals surface area (Å²) in [4.78, 5) is 28.5. The number of benzene rings is 1. The van der Waals surface area contributed by atoms with Crippen LogP contribution in [0.2, 0.25) is 0 Å². The summed E-state index contributed by atoms with van der Waals surface area (Å²) in [5.41, 5.74) is 1.23. The molecule has 0 aliphatic heterocycles. The number of thiazole rings is 1. The van der Waals surface area contributed by atoms with Crippen molar-refractivity contribution in [2.75, 3.05) is 6.54 Å². The smallest absolute Gasteiger partial charge is 0.341 e. The quantitative estimate of drug-likeness (QED) is 0.877. The van der Waals surface area contributed by atoms with Gasteiger partial charge in [0, 0.05) is 10.9 Å². The molecule has 0 atom stereocenters. The van der Waals surface area contributed by atoms with Crippen LogP contribution in [0.5, 0.6) is 0 Å². The van der Waals surface area contributed by atoms with Crippen LogP contribution in [0.15, 0.2) is 35.7 Å². The fourth-order valence-electron chi connectivity index (χ4n) is 1.46. The summed E-state index contributed by atoms with van der Waals surface area (Å²) in [5, 5.41) is 4.28. The number of nitrogens with zero attached hydrogens (tertiary/aromatic N) is 1. The number of nitrogens with one attached hydrogen (secondary N) is 1. The number of hydrogen-bond donors (Lipinski definition) is 1. The molecule has 1 heterocycles. The Morgan fingerprint density at radius 3 is 2.65 bits per heavy atom. The second-order valence-electron chi connectivity index (χ2n) is 3.95. The second kappa shape index (κ2) is 6.44. The molecule has 20 heavy (non-hydrogen) atoms. The van der Waals surface area contributed by atoms with Crippen LogP contribution in [0.1, 0.15) is 16.1 Å². The average molecular weight is 308 g/mol. The van der Waals surface area contributed by atoms with Crippen molar-refractivity contribution in [3.8, 4) is 0 Å². The predicted octanol–water partition coefficient (Wildman–Crippen LogP) is 1.97. The highest BCUT2D eigenvalue weighted by Gasteiger charge is 2.11. The van der Waals surface area contributed by atoms with Crippen LogP contribution in [0.4, 0.5) is 0 Å². The van der Waals surface area contributed by atoms with Gasteiger partial charge in [-0.3, -0.25) is 4.79 Å². The van der Waals surface area contributed by atoms with Gasteiger partial charge in [0.2, 0.25) is 0 Å². The van der Waals surface area contributed by atoms with Crippen molar-refractivity contribution in [2.45, 2.75) is 6.92 Å². The fourth-order valence-corrected chi connectivity index (χ4v) is 2.43. The van der Waals surface area contributed by atoms with Gasteiger partial charge in [0.25, 0.3) is 5.91 Å². The maximum atomic E-state index is 11.7. The van der Waals surface area contributed by atoms with Gasteiger partial charge in [0.15, 0.2) is 3.95 Å². The molecule has 1 N–H and O–H groups in total. The van der Waals surface area contributed by atoms with Crippen molar-refractivity contribution >= 4 is 35.4 Å². The monoisotopic (exact) mass is 308 g/mol. The van der Waals surface area contributed by atoms with Gasteiger partial charge in [-0.05, 0) is 31.3 Å². The lowest BCUT2D eigenvalue weighted by atomic mass is 10.2. The number of carbonyl (C=O) groups is 2. The highest BCUT2D eigenvalue weighted by molar-refractivity contribution is 7.73. The van der Waals surface area contributed by atoms with Crippen molar-refractivity contribution in [3.05, 3.63) is 50.9 Å². The largest absolute Gasteiger partial charge is 0.351 e. The molecule has 0 aliphatic rings. The third-order valence-electron chi connectivity index (χ3n) is 2.44. The lowest BCUT2D eigenvalue weighted by molar-refractivity contribution is -0.143. The summed E-state index contributed by atoms with van der Waals surface area (Å²) in [6.45, 7) is 1.56. The molecule has 0 unspecified atom stereocenters. The first-order valence-electron chi connectivity index (χ1n) is 5.79. The Hall–Kier alpha value is -1.99. The number of hydrogen-bond acceptors (Lipinski definition) is 5. The van der Waals surface area contributed by atoms with Gasteiger partial charge in [0.05, 0.1) is 5.69 Å². The minimum absolute atomic E-state index is 0.217. The van der Waals surface area contributed by atoms with Crippen molar-refractivity contribution in [3.63, 3.8) is 0 Å². The molecule has 0 aliphatic carbocycles. The molecule has 1 aromatic carbocycles. The van der Waals surface area contributed by atoms with Gasteiger partial charge < -0.3 is 10.2 Å². The predicted molar refractivity (Wildman–Crippen MR) is 78.2 cm³/mol. The topological polar surface area (TPSA) is 60.3 Å². The minimum Gasteiger partial charge on any atom is -0.341 e. The number of rotatable bonds is 4. The molecule has 0 saturated carbocycles. The summed E-state index contributed by atoms with van der Waals surface area (Å²) in [5.74, 6) is -0.903. The van der Waals surface area contributed by atoms with Gasteiger partial charge >= 0.3 is 5.97 Å². The lowest BCUT2D eigenvalue weighted by Gasteiger charge is -2.07. The Bertz CT molecular complexity index is 676. The van der Waals surface area contributed by atoms with Gasteiger partial charge in [-0.25, -0.2) is 4.79 Å². The zero-order chi connectivity index (χ0) is 14.5. The molecule has 0 spiro atoms. The van der Waals surface area contributed by atoms with E-state index in [0.717, 1.165) is 5.69 Å². The summed E-state index contributed by atoms with van der Waals surface area (Å²) in [6, 6.07) is 8.65. The van der Waals surface area contributed by atoms with E-state index in [-0.39, 0.29) is 12.5 Å².